The van der Waals surface area contributed by atoms with Gasteiger partial charge in [-0.15, -0.1) is 0 Å². The van der Waals surface area contributed by atoms with Gasteiger partial charge in [0.25, 0.3) is 0 Å². The van der Waals surface area contributed by atoms with Gasteiger partial charge in [0.1, 0.15) is 0 Å². The Hall–Kier alpha value is -1.09. The molecule has 1 heterocycles. The van der Waals surface area contributed by atoms with Crippen LogP contribution in [0.3, 0.4) is 0 Å². The summed E-state index contributed by atoms with van der Waals surface area (Å²) in [4.78, 5) is 14.5. The van der Waals surface area contributed by atoms with Crippen molar-refractivity contribution in [1.82, 2.24) is 10.3 Å². The van der Waals surface area contributed by atoms with Gasteiger partial charge >= 0.3 is 0 Å². The number of rotatable bonds is 2. The number of hydrogen-bond acceptors (Lipinski definition) is 2. The summed E-state index contributed by atoms with van der Waals surface area (Å²) >= 11 is 0. The quantitative estimate of drug-likeness (QED) is 0.870. The monoisotopic (exact) mass is 274 g/mol. The number of hydrogen-bond donors (Lipinski definition) is 2. The molecular formula is C17H26N2O. The highest BCUT2D eigenvalue weighted by molar-refractivity contribution is 5.26. The van der Waals surface area contributed by atoms with Gasteiger partial charge in [-0.3, -0.25) is 4.79 Å². The first kappa shape index (κ1) is 13.9. The molecule has 4 atom stereocenters. The van der Waals surface area contributed by atoms with E-state index >= 15 is 0 Å². The Kier molecular flexibility index (Phi) is 3.97. The highest BCUT2D eigenvalue weighted by Gasteiger charge is 2.29. The Morgan fingerprint density at radius 3 is 2.85 bits per heavy atom. The van der Waals surface area contributed by atoms with Crippen LogP contribution in [0.5, 0.6) is 0 Å². The minimum Gasteiger partial charge on any atom is -0.326 e. The lowest BCUT2D eigenvalue weighted by Crippen LogP contribution is -2.42. The van der Waals surface area contributed by atoms with E-state index < -0.39 is 0 Å². The molecular weight excluding hydrogens is 248 g/mol. The van der Waals surface area contributed by atoms with Gasteiger partial charge < -0.3 is 10.3 Å². The molecule has 20 heavy (non-hydrogen) atoms. The fraction of sp³-hybridized carbons (Fsp3) is 0.706. The second kappa shape index (κ2) is 5.72. The number of aromatic nitrogens is 1. The summed E-state index contributed by atoms with van der Waals surface area (Å²) < 4.78 is 0. The van der Waals surface area contributed by atoms with Crippen molar-refractivity contribution >= 4 is 0 Å². The van der Waals surface area contributed by atoms with E-state index in [4.69, 9.17) is 0 Å². The van der Waals surface area contributed by atoms with Crippen molar-refractivity contribution in [2.24, 2.45) is 11.8 Å². The van der Waals surface area contributed by atoms with Crippen LogP contribution in [0.15, 0.2) is 16.9 Å². The topological polar surface area (TPSA) is 44.9 Å². The van der Waals surface area contributed by atoms with Gasteiger partial charge in [-0.1, -0.05) is 19.9 Å². The third-order valence-corrected chi connectivity index (χ3v) is 5.18. The zero-order valence-electron chi connectivity index (χ0n) is 12.6. The molecule has 1 saturated carbocycles. The highest BCUT2D eigenvalue weighted by Crippen LogP contribution is 2.33. The summed E-state index contributed by atoms with van der Waals surface area (Å²) in [6, 6.07) is 4.76. The van der Waals surface area contributed by atoms with Gasteiger partial charge in [-0.05, 0) is 55.9 Å². The average molecular weight is 274 g/mol. The average Bonchev–Trinajstić information content (AvgIpc) is 2.41. The van der Waals surface area contributed by atoms with Gasteiger partial charge in [-0.25, -0.2) is 0 Å². The molecule has 0 amide bonds. The molecule has 1 aromatic heterocycles. The molecule has 2 aliphatic rings. The predicted molar refractivity (Wildman–Crippen MR) is 81.8 cm³/mol. The van der Waals surface area contributed by atoms with Crippen molar-refractivity contribution in [2.45, 2.75) is 64.5 Å². The fourth-order valence-electron chi connectivity index (χ4n) is 4.04. The zero-order valence-corrected chi connectivity index (χ0v) is 12.6. The first-order chi connectivity index (χ1) is 9.63. The first-order valence-electron chi connectivity index (χ1n) is 8.11. The molecule has 0 spiro atoms. The van der Waals surface area contributed by atoms with Crippen LogP contribution < -0.4 is 10.9 Å². The van der Waals surface area contributed by atoms with Crippen LogP contribution >= 0.6 is 0 Å². The van der Waals surface area contributed by atoms with Crippen LogP contribution in [0, 0.1) is 11.8 Å². The maximum atomic E-state index is 11.5. The molecule has 0 aromatic carbocycles. The van der Waals surface area contributed by atoms with Crippen molar-refractivity contribution in [1.29, 1.82) is 0 Å². The van der Waals surface area contributed by atoms with Gasteiger partial charge in [0.2, 0.25) is 5.56 Å². The van der Waals surface area contributed by atoms with Crippen LogP contribution in [0.2, 0.25) is 0 Å². The van der Waals surface area contributed by atoms with Crippen molar-refractivity contribution in [2.75, 3.05) is 0 Å². The van der Waals surface area contributed by atoms with E-state index in [1.807, 2.05) is 6.07 Å². The minimum atomic E-state index is 0.0317. The minimum absolute atomic E-state index is 0.0317. The molecule has 4 unspecified atom stereocenters. The van der Waals surface area contributed by atoms with E-state index in [9.17, 15) is 4.79 Å². The van der Waals surface area contributed by atoms with E-state index in [1.165, 1.54) is 37.7 Å². The molecule has 3 heteroatoms. The van der Waals surface area contributed by atoms with Gasteiger partial charge in [0.15, 0.2) is 0 Å². The maximum absolute atomic E-state index is 11.5. The smallest absolute Gasteiger partial charge is 0.248 e. The van der Waals surface area contributed by atoms with Crippen LogP contribution in [-0.2, 0) is 6.42 Å². The second-order valence-corrected chi connectivity index (χ2v) is 6.87. The summed E-state index contributed by atoms with van der Waals surface area (Å²) in [5.74, 6) is 1.63. The molecule has 0 bridgehead atoms. The summed E-state index contributed by atoms with van der Waals surface area (Å²) in [6.45, 7) is 4.75. The van der Waals surface area contributed by atoms with Crippen LogP contribution in [0.1, 0.15) is 63.3 Å². The summed E-state index contributed by atoms with van der Waals surface area (Å²) in [5.41, 5.74) is 2.50. The van der Waals surface area contributed by atoms with Gasteiger partial charge in [-0.2, -0.15) is 0 Å². The van der Waals surface area contributed by atoms with E-state index in [0.717, 1.165) is 24.0 Å². The van der Waals surface area contributed by atoms with Gasteiger partial charge in [0.05, 0.1) is 0 Å². The lowest BCUT2D eigenvalue weighted by atomic mass is 9.79. The highest BCUT2D eigenvalue weighted by atomic mass is 16.1. The molecule has 2 N–H and O–H groups in total. The molecule has 0 radical (unpaired) electrons. The van der Waals surface area contributed by atoms with E-state index in [0.29, 0.717) is 12.1 Å². The number of aromatic amines is 1. The SMILES string of the molecule is CC1CCC(NC2CCCc3[nH]c(=O)ccc32)C(C)C1. The van der Waals surface area contributed by atoms with E-state index in [1.54, 1.807) is 6.07 Å². The molecule has 1 aromatic rings. The largest absolute Gasteiger partial charge is 0.326 e. The van der Waals surface area contributed by atoms with Crippen molar-refractivity contribution < 1.29 is 0 Å². The number of nitrogens with one attached hydrogen (secondary N) is 2. The molecule has 1 fully saturated rings. The Morgan fingerprint density at radius 2 is 2.05 bits per heavy atom. The van der Waals surface area contributed by atoms with Crippen LogP contribution in [0.4, 0.5) is 0 Å². The summed E-state index contributed by atoms with van der Waals surface area (Å²) in [6.07, 6.45) is 7.34. The zero-order chi connectivity index (χ0) is 14.1. The van der Waals surface area contributed by atoms with E-state index in [-0.39, 0.29) is 5.56 Å². The molecule has 110 valence electrons. The number of fused-ring (bicyclic) bond motifs is 1. The Balaban J connectivity index is 1.75. The Bertz CT molecular complexity index is 522. The Morgan fingerprint density at radius 1 is 1.20 bits per heavy atom. The molecule has 2 aliphatic carbocycles. The van der Waals surface area contributed by atoms with Crippen molar-refractivity contribution in [3.8, 4) is 0 Å². The molecule has 0 aliphatic heterocycles. The van der Waals surface area contributed by atoms with Crippen LogP contribution in [0.25, 0.3) is 0 Å². The number of pyridine rings is 1. The lowest BCUT2D eigenvalue weighted by Gasteiger charge is -2.37. The maximum Gasteiger partial charge on any atom is 0.248 e. The number of H-pyrrole nitrogens is 1. The second-order valence-electron chi connectivity index (χ2n) is 6.87. The molecule has 3 nitrogen and oxygen atoms in total. The van der Waals surface area contributed by atoms with Crippen LogP contribution in [-0.4, -0.2) is 11.0 Å². The first-order valence-corrected chi connectivity index (χ1v) is 8.11. The summed E-state index contributed by atoms with van der Waals surface area (Å²) in [5, 5.41) is 3.88. The number of aryl methyl sites for hydroxylation is 1. The fourth-order valence-corrected chi connectivity index (χ4v) is 4.04. The van der Waals surface area contributed by atoms with E-state index in [2.05, 4.69) is 24.1 Å². The normalized spacial score (nSPS) is 33.7. The Labute approximate surface area is 121 Å². The predicted octanol–water partition coefficient (Wildman–Crippen LogP) is 3.17. The molecule has 0 saturated heterocycles. The lowest BCUT2D eigenvalue weighted by molar-refractivity contribution is 0.207. The van der Waals surface area contributed by atoms with Gasteiger partial charge in [0, 0.05) is 23.8 Å². The summed E-state index contributed by atoms with van der Waals surface area (Å²) in [7, 11) is 0. The standard InChI is InChI=1S/C17H26N2O/c1-11-6-8-14(12(2)10-11)18-15-4-3-5-16-13(15)7-9-17(20)19-16/h7,9,11-12,14-15,18H,3-6,8,10H2,1-2H3,(H,19,20). The third kappa shape index (κ3) is 2.83. The van der Waals surface area contributed by atoms with Crippen molar-refractivity contribution in [3.05, 3.63) is 33.7 Å². The molecule has 3 rings (SSSR count). The van der Waals surface area contributed by atoms with Crippen molar-refractivity contribution in [3.63, 3.8) is 0 Å². The third-order valence-electron chi connectivity index (χ3n) is 5.18.